The zero-order chi connectivity index (χ0) is 17.1. The number of para-hydroxylation sites is 1. The first kappa shape index (κ1) is 16.9. The third-order valence-corrected chi connectivity index (χ3v) is 4.63. The van der Waals surface area contributed by atoms with Crippen molar-refractivity contribution in [2.24, 2.45) is 5.92 Å². The number of rotatable bonds is 5. The van der Waals surface area contributed by atoms with Crippen molar-refractivity contribution < 1.29 is 9.50 Å². The molecule has 5 heteroatoms. The summed E-state index contributed by atoms with van der Waals surface area (Å²) in [7, 11) is 2.06. The third-order valence-electron chi connectivity index (χ3n) is 4.63. The van der Waals surface area contributed by atoms with Crippen LogP contribution in [0.5, 0.6) is 5.75 Å². The molecule has 0 aliphatic carbocycles. The number of phenols is 1. The summed E-state index contributed by atoms with van der Waals surface area (Å²) in [6.07, 6.45) is 0. The lowest BCUT2D eigenvalue weighted by Crippen LogP contribution is -2.30. The van der Waals surface area contributed by atoms with Crippen molar-refractivity contribution in [2.45, 2.75) is 19.5 Å². The predicted molar refractivity (Wildman–Crippen MR) is 92.9 cm³/mol. The second-order valence-corrected chi connectivity index (χ2v) is 6.59. The number of nitrogens with zero attached hydrogens (tertiary/aromatic N) is 1. The van der Waals surface area contributed by atoms with Gasteiger partial charge in [0, 0.05) is 31.1 Å². The zero-order valence-electron chi connectivity index (χ0n) is 14.1. The van der Waals surface area contributed by atoms with E-state index in [2.05, 4.69) is 22.8 Å². The zero-order valence-corrected chi connectivity index (χ0v) is 14.1. The Balaban J connectivity index is 1.65. The number of halogens is 1. The van der Waals surface area contributed by atoms with Gasteiger partial charge >= 0.3 is 0 Å². The number of aryl methyl sites for hydroxylation is 1. The fourth-order valence-electron chi connectivity index (χ4n) is 3.33. The van der Waals surface area contributed by atoms with E-state index < -0.39 is 0 Å². The van der Waals surface area contributed by atoms with Crippen LogP contribution >= 0.6 is 0 Å². The smallest absolute Gasteiger partial charge is 0.123 e. The van der Waals surface area contributed by atoms with Crippen LogP contribution in [-0.4, -0.2) is 30.1 Å². The summed E-state index contributed by atoms with van der Waals surface area (Å²) in [4.78, 5) is 2.21. The van der Waals surface area contributed by atoms with Gasteiger partial charge in [0.15, 0.2) is 0 Å². The van der Waals surface area contributed by atoms with Gasteiger partial charge in [0.2, 0.25) is 0 Å². The monoisotopic (exact) mass is 329 g/mol. The van der Waals surface area contributed by atoms with Gasteiger partial charge in [-0.2, -0.15) is 0 Å². The molecule has 2 aromatic rings. The van der Waals surface area contributed by atoms with Crippen molar-refractivity contribution in [3.05, 3.63) is 65.0 Å². The molecule has 0 aromatic heterocycles. The maximum absolute atomic E-state index is 13.1. The molecule has 0 spiro atoms. The Hall–Kier alpha value is -1.95. The van der Waals surface area contributed by atoms with E-state index >= 15 is 0 Å². The van der Waals surface area contributed by atoms with Crippen LogP contribution in [0.2, 0.25) is 0 Å². The Morgan fingerprint density at radius 1 is 1.21 bits per heavy atom. The van der Waals surface area contributed by atoms with Crippen LogP contribution < -0.4 is 10.9 Å². The summed E-state index contributed by atoms with van der Waals surface area (Å²) < 4.78 is 13.1. The largest absolute Gasteiger partial charge is 0.507 e. The van der Waals surface area contributed by atoms with Crippen LogP contribution in [0.3, 0.4) is 0 Å². The number of hydrogen-bond acceptors (Lipinski definition) is 4. The second kappa shape index (κ2) is 7.30. The van der Waals surface area contributed by atoms with E-state index in [1.165, 1.54) is 12.1 Å². The average Bonchev–Trinajstić information content (AvgIpc) is 3.00. The van der Waals surface area contributed by atoms with Gasteiger partial charge in [-0.25, -0.2) is 9.82 Å². The first-order valence-corrected chi connectivity index (χ1v) is 8.24. The van der Waals surface area contributed by atoms with E-state index in [1.807, 2.05) is 37.3 Å². The lowest BCUT2D eigenvalue weighted by Gasteiger charge is -2.25. The minimum absolute atomic E-state index is 0.152. The molecule has 4 nitrogen and oxygen atoms in total. The number of benzene rings is 2. The van der Waals surface area contributed by atoms with Gasteiger partial charge in [-0.3, -0.25) is 5.43 Å². The van der Waals surface area contributed by atoms with Gasteiger partial charge in [0.25, 0.3) is 0 Å². The number of phenolic OH excluding ortho intramolecular Hbond substituents is 1. The number of nitrogens with one attached hydrogen (secondary N) is 2. The van der Waals surface area contributed by atoms with Gasteiger partial charge in [-0.1, -0.05) is 30.3 Å². The molecular weight excluding hydrogens is 305 g/mol. The molecule has 3 rings (SSSR count). The summed E-state index contributed by atoms with van der Waals surface area (Å²) in [6, 6.07) is 12.7. The van der Waals surface area contributed by atoms with Crippen LogP contribution in [-0.2, 0) is 6.54 Å². The Kier molecular flexibility index (Phi) is 5.14. The summed E-state index contributed by atoms with van der Waals surface area (Å²) in [5, 5.41) is 10.2. The van der Waals surface area contributed by atoms with Gasteiger partial charge in [0.05, 0.1) is 6.04 Å². The second-order valence-electron chi connectivity index (χ2n) is 6.59. The van der Waals surface area contributed by atoms with Crippen LogP contribution in [0, 0.1) is 18.7 Å². The molecule has 128 valence electrons. The minimum Gasteiger partial charge on any atom is -0.507 e. The van der Waals surface area contributed by atoms with Gasteiger partial charge < -0.3 is 10.0 Å². The lowest BCUT2D eigenvalue weighted by atomic mass is 9.94. The molecule has 3 N–H and O–H groups in total. The highest BCUT2D eigenvalue weighted by molar-refractivity contribution is 5.39. The third kappa shape index (κ3) is 3.75. The molecule has 0 radical (unpaired) electrons. The highest BCUT2D eigenvalue weighted by atomic mass is 19.1. The molecule has 1 aliphatic heterocycles. The van der Waals surface area contributed by atoms with Crippen molar-refractivity contribution in [1.82, 2.24) is 15.8 Å². The Morgan fingerprint density at radius 3 is 2.71 bits per heavy atom. The molecule has 2 unspecified atom stereocenters. The van der Waals surface area contributed by atoms with Crippen LogP contribution in [0.25, 0.3) is 0 Å². The average molecular weight is 329 g/mol. The van der Waals surface area contributed by atoms with Crippen LogP contribution in [0.4, 0.5) is 4.39 Å². The van der Waals surface area contributed by atoms with Crippen molar-refractivity contribution in [2.75, 3.05) is 20.1 Å². The van der Waals surface area contributed by atoms with Gasteiger partial charge in [0.1, 0.15) is 11.6 Å². The molecule has 0 saturated carbocycles. The highest BCUT2D eigenvalue weighted by Crippen LogP contribution is 2.27. The molecule has 24 heavy (non-hydrogen) atoms. The van der Waals surface area contributed by atoms with Crippen LogP contribution in [0.15, 0.2) is 42.5 Å². The summed E-state index contributed by atoms with van der Waals surface area (Å²) >= 11 is 0. The Labute approximate surface area is 142 Å². The quantitative estimate of drug-likeness (QED) is 0.789. The van der Waals surface area contributed by atoms with Crippen molar-refractivity contribution in [1.29, 1.82) is 0 Å². The Morgan fingerprint density at radius 2 is 1.96 bits per heavy atom. The Bertz CT molecular complexity index is 690. The first-order valence-electron chi connectivity index (χ1n) is 8.24. The normalized spacial score (nSPS) is 20.7. The molecule has 0 amide bonds. The van der Waals surface area contributed by atoms with E-state index in [0.29, 0.717) is 18.2 Å². The predicted octanol–water partition coefficient (Wildman–Crippen LogP) is 2.74. The maximum Gasteiger partial charge on any atom is 0.123 e. The number of aromatic hydroxyl groups is 1. The molecule has 1 aliphatic rings. The highest BCUT2D eigenvalue weighted by Gasteiger charge is 2.29. The van der Waals surface area contributed by atoms with Crippen molar-refractivity contribution >= 4 is 0 Å². The van der Waals surface area contributed by atoms with Crippen molar-refractivity contribution in [3.8, 4) is 5.75 Å². The number of hydrogen-bond donors (Lipinski definition) is 3. The van der Waals surface area contributed by atoms with Gasteiger partial charge in [-0.15, -0.1) is 0 Å². The van der Waals surface area contributed by atoms with Gasteiger partial charge in [-0.05, 0) is 37.2 Å². The molecule has 1 heterocycles. The van der Waals surface area contributed by atoms with E-state index in [9.17, 15) is 9.50 Å². The standard InChI is InChI=1S/C19H24FN3O/c1-13-4-3-5-15(19(13)24)11-23(2)12-16-10-21-22-18(16)14-6-8-17(20)9-7-14/h3-9,16,18,21-22,24H,10-12H2,1-2H3. The maximum atomic E-state index is 13.1. The SMILES string of the molecule is Cc1cccc(CN(C)CC2CNNC2c2ccc(F)cc2)c1O. The molecule has 1 fully saturated rings. The number of hydrazine groups is 1. The molecule has 0 bridgehead atoms. The van der Waals surface area contributed by atoms with E-state index in [4.69, 9.17) is 0 Å². The molecule has 1 saturated heterocycles. The lowest BCUT2D eigenvalue weighted by molar-refractivity contribution is 0.259. The fourth-order valence-corrected chi connectivity index (χ4v) is 3.33. The van der Waals surface area contributed by atoms with E-state index in [1.54, 1.807) is 0 Å². The summed E-state index contributed by atoms with van der Waals surface area (Å²) in [5.74, 6) is 0.530. The minimum atomic E-state index is -0.215. The topological polar surface area (TPSA) is 47.5 Å². The van der Waals surface area contributed by atoms with Crippen molar-refractivity contribution in [3.63, 3.8) is 0 Å². The van der Waals surface area contributed by atoms with E-state index in [-0.39, 0.29) is 11.9 Å². The molecule has 2 aromatic carbocycles. The van der Waals surface area contributed by atoms with Crippen LogP contribution in [0.1, 0.15) is 22.7 Å². The summed E-state index contributed by atoms with van der Waals surface area (Å²) in [5.41, 5.74) is 9.41. The summed E-state index contributed by atoms with van der Waals surface area (Å²) in [6.45, 7) is 4.33. The molecule has 2 atom stereocenters. The van der Waals surface area contributed by atoms with E-state index in [0.717, 1.165) is 29.8 Å². The molecular formula is C19H24FN3O. The fraction of sp³-hybridized carbons (Fsp3) is 0.368. The first-order chi connectivity index (χ1) is 11.5.